The Bertz CT molecular complexity index is 233. The van der Waals surface area contributed by atoms with Crippen molar-refractivity contribution in [3.05, 3.63) is 0 Å². The number of hydrogen-bond acceptors (Lipinski definition) is 2. The van der Waals surface area contributed by atoms with Gasteiger partial charge in [0.2, 0.25) is 0 Å². The van der Waals surface area contributed by atoms with Gasteiger partial charge in [0.25, 0.3) is 10.1 Å². The molecule has 0 heterocycles. The van der Waals surface area contributed by atoms with Gasteiger partial charge in [-0.2, -0.15) is 8.42 Å². The van der Waals surface area contributed by atoms with Crippen molar-refractivity contribution in [1.82, 2.24) is 0 Å². The first-order valence-electron chi connectivity index (χ1n) is 4.44. The normalized spacial score (nSPS) is 31.8. The van der Waals surface area contributed by atoms with Crippen molar-refractivity contribution in [2.45, 2.75) is 32.6 Å². The van der Waals surface area contributed by atoms with Gasteiger partial charge >= 0.3 is 0 Å². The summed E-state index contributed by atoms with van der Waals surface area (Å²) in [6.07, 6.45) is 4.34. The van der Waals surface area contributed by atoms with E-state index >= 15 is 0 Å². The second kappa shape index (κ2) is 3.75. The molecule has 0 spiro atoms. The summed E-state index contributed by atoms with van der Waals surface area (Å²) >= 11 is 0. The van der Waals surface area contributed by atoms with E-state index in [4.69, 9.17) is 4.55 Å². The van der Waals surface area contributed by atoms with Crippen LogP contribution in [-0.4, -0.2) is 18.7 Å². The van der Waals surface area contributed by atoms with E-state index in [1.165, 1.54) is 6.42 Å². The van der Waals surface area contributed by atoms with Gasteiger partial charge in [-0.25, -0.2) is 0 Å². The fraction of sp³-hybridized carbons (Fsp3) is 1.00. The van der Waals surface area contributed by atoms with E-state index in [2.05, 4.69) is 6.92 Å². The fourth-order valence-electron chi connectivity index (χ4n) is 1.91. The summed E-state index contributed by atoms with van der Waals surface area (Å²) in [5, 5.41) is 0. The van der Waals surface area contributed by atoms with Crippen molar-refractivity contribution >= 4 is 10.1 Å². The summed E-state index contributed by atoms with van der Waals surface area (Å²) in [6.45, 7) is 2.06. The van der Waals surface area contributed by atoms with E-state index in [0.29, 0.717) is 5.92 Å². The molecule has 2 unspecified atom stereocenters. The maximum atomic E-state index is 10.6. The van der Waals surface area contributed by atoms with Crippen LogP contribution in [0.5, 0.6) is 0 Å². The first-order chi connectivity index (χ1) is 5.49. The molecule has 1 saturated carbocycles. The van der Waals surface area contributed by atoms with Gasteiger partial charge in [0.15, 0.2) is 0 Å². The maximum Gasteiger partial charge on any atom is 0.265 e. The van der Waals surface area contributed by atoms with Crippen molar-refractivity contribution in [2.75, 3.05) is 5.75 Å². The zero-order valence-corrected chi connectivity index (χ0v) is 8.18. The standard InChI is InChI=1S/C8H16O3S/c1-7-4-2-3-5-8(7)6-12(9,10)11/h7-8H,2-6H2,1H3,(H,9,10,11). The Hall–Kier alpha value is -0.0900. The molecule has 1 fully saturated rings. The molecule has 4 heteroatoms. The van der Waals surface area contributed by atoms with E-state index in [1.807, 2.05) is 0 Å². The van der Waals surface area contributed by atoms with Gasteiger partial charge in [0.1, 0.15) is 0 Å². The predicted octanol–water partition coefficient (Wildman–Crippen LogP) is 1.70. The molecule has 0 saturated heterocycles. The lowest BCUT2D eigenvalue weighted by Gasteiger charge is -2.27. The summed E-state index contributed by atoms with van der Waals surface area (Å²) < 4.78 is 29.9. The second-order valence-electron chi connectivity index (χ2n) is 3.77. The fourth-order valence-corrected chi connectivity index (χ4v) is 2.95. The largest absolute Gasteiger partial charge is 0.286 e. The minimum Gasteiger partial charge on any atom is -0.286 e. The molecule has 0 aromatic rings. The van der Waals surface area contributed by atoms with E-state index in [1.54, 1.807) is 0 Å². The number of hydrogen-bond donors (Lipinski definition) is 1. The summed E-state index contributed by atoms with van der Waals surface area (Å²) in [5.74, 6) is 0.572. The van der Waals surface area contributed by atoms with E-state index < -0.39 is 10.1 Å². The maximum absolute atomic E-state index is 10.6. The van der Waals surface area contributed by atoms with E-state index in [9.17, 15) is 8.42 Å². The van der Waals surface area contributed by atoms with E-state index in [-0.39, 0.29) is 11.7 Å². The zero-order valence-electron chi connectivity index (χ0n) is 7.36. The molecule has 0 bridgehead atoms. The molecule has 0 aromatic heterocycles. The van der Waals surface area contributed by atoms with Gasteiger partial charge in [0, 0.05) is 0 Å². The summed E-state index contributed by atoms with van der Waals surface area (Å²) in [7, 11) is -3.76. The molecule has 1 aliphatic rings. The third-order valence-corrected chi connectivity index (χ3v) is 3.56. The lowest BCUT2D eigenvalue weighted by molar-refractivity contribution is 0.274. The van der Waals surface area contributed by atoms with Gasteiger partial charge in [-0.15, -0.1) is 0 Å². The average Bonchev–Trinajstić information content (AvgIpc) is 1.91. The average molecular weight is 192 g/mol. The van der Waals surface area contributed by atoms with Crippen LogP contribution < -0.4 is 0 Å². The van der Waals surface area contributed by atoms with Crippen LogP contribution in [0.15, 0.2) is 0 Å². The minimum absolute atomic E-state index is 0.0475. The molecule has 1 aliphatic carbocycles. The molecule has 2 atom stereocenters. The van der Waals surface area contributed by atoms with Crippen molar-refractivity contribution in [3.63, 3.8) is 0 Å². The molecule has 3 nitrogen and oxygen atoms in total. The predicted molar refractivity (Wildman–Crippen MR) is 47.5 cm³/mol. The Morgan fingerprint density at radius 2 is 1.92 bits per heavy atom. The molecule has 1 N–H and O–H groups in total. The molecular weight excluding hydrogens is 176 g/mol. The first-order valence-corrected chi connectivity index (χ1v) is 6.05. The van der Waals surface area contributed by atoms with Crippen LogP contribution in [0.2, 0.25) is 0 Å². The van der Waals surface area contributed by atoms with Crippen molar-refractivity contribution in [3.8, 4) is 0 Å². The van der Waals surface area contributed by atoms with Crippen LogP contribution in [0, 0.1) is 11.8 Å². The highest BCUT2D eigenvalue weighted by Crippen LogP contribution is 2.30. The van der Waals surface area contributed by atoms with Crippen molar-refractivity contribution < 1.29 is 13.0 Å². The first kappa shape index (κ1) is 9.99. The van der Waals surface area contributed by atoms with Crippen LogP contribution in [0.25, 0.3) is 0 Å². The van der Waals surface area contributed by atoms with Gasteiger partial charge < -0.3 is 0 Å². The lowest BCUT2D eigenvalue weighted by atomic mass is 9.82. The molecule has 12 heavy (non-hydrogen) atoms. The highest BCUT2D eigenvalue weighted by molar-refractivity contribution is 7.85. The van der Waals surface area contributed by atoms with Gasteiger partial charge in [0.05, 0.1) is 5.75 Å². The third-order valence-electron chi connectivity index (χ3n) is 2.71. The van der Waals surface area contributed by atoms with Gasteiger partial charge in [-0.3, -0.25) is 4.55 Å². The molecule has 72 valence electrons. The highest BCUT2D eigenvalue weighted by Gasteiger charge is 2.25. The van der Waals surface area contributed by atoms with E-state index in [0.717, 1.165) is 19.3 Å². The van der Waals surface area contributed by atoms with Crippen molar-refractivity contribution in [2.24, 2.45) is 11.8 Å². The topological polar surface area (TPSA) is 54.4 Å². The Kier molecular flexibility index (Phi) is 3.12. The second-order valence-corrected chi connectivity index (χ2v) is 5.27. The molecular formula is C8H16O3S. The van der Waals surface area contributed by atoms with Crippen molar-refractivity contribution in [1.29, 1.82) is 0 Å². The molecule has 0 radical (unpaired) electrons. The highest BCUT2D eigenvalue weighted by atomic mass is 32.2. The van der Waals surface area contributed by atoms with Gasteiger partial charge in [-0.05, 0) is 18.3 Å². The Morgan fingerprint density at radius 1 is 1.33 bits per heavy atom. The molecule has 0 aromatic carbocycles. The molecule has 0 aliphatic heterocycles. The van der Waals surface area contributed by atoms with Gasteiger partial charge in [-0.1, -0.05) is 26.2 Å². The number of rotatable bonds is 2. The molecule has 1 rings (SSSR count). The Morgan fingerprint density at radius 3 is 2.42 bits per heavy atom. The van der Waals surface area contributed by atoms with Crippen LogP contribution in [0.4, 0.5) is 0 Å². The summed E-state index contributed by atoms with van der Waals surface area (Å²) in [6, 6.07) is 0. The zero-order chi connectivity index (χ0) is 9.19. The lowest BCUT2D eigenvalue weighted by Crippen LogP contribution is -2.24. The molecule has 0 amide bonds. The van der Waals surface area contributed by atoms with Crippen LogP contribution in [0.3, 0.4) is 0 Å². The van der Waals surface area contributed by atoms with Crippen LogP contribution in [0.1, 0.15) is 32.6 Å². The summed E-state index contributed by atoms with van der Waals surface area (Å²) in [5.41, 5.74) is 0. The third kappa shape index (κ3) is 3.11. The Balaban J connectivity index is 2.50. The quantitative estimate of drug-likeness (QED) is 0.677. The summed E-state index contributed by atoms with van der Waals surface area (Å²) in [4.78, 5) is 0. The Labute approximate surface area is 73.9 Å². The minimum atomic E-state index is -3.76. The SMILES string of the molecule is CC1CCCCC1CS(=O)(=O)O. The smallest absolute Gasteiger partial charge is 0.265 e. The monoisotopic (exact) mass is 192 g/mol. The van der Waals surface area contributed by atoms with Crippen LogP contribution >= 0.6 is 0 Å². The van der Waals surface area contributed by atoms with Crippen LogP contribution in [-0.2, 0) is 10.1 Å².